The third kappa shape index (κ3) is 3.38. The highest BCUT2D eigenvalue weighted by Crippen LogP contribution is 2.34. The Morgan fingerprint density at radius 1 is 1.38 bits per heavy atom. The van der Waals surface area contributed by atoms with Gasteiger partial charge in [0.2, 0.25) is 5.91 Å². The van der Waals surface area contributed by atoms with Crippen molar-refractivity contribution in [2.45, 2.75) is 39.2 Å². The normalized spacial score (nSPS) is 18.8. The molecule has 0 aliphatic carbocycles. The maximum Gasteiger partial charge on any atom is 0.226 e. The van der Waals surface area contributed by atoms with E-state index in [2.05, 4.69) is 17.6 Å². The van der Waals surface area contributed by atoms with Crippen LogP contribution in [0, 0.1) is 5.41 Å². The van der Waals surface area contributed by atoms with Crippen molar-refractivity contribution in [2.24, 2.45) is 5.41 Å². The minimum absolute atomic E-state index is 0.0491. The molecule has 0 bridgehead atoms. The van der Waals surface area contributed by atoms with Crippen LogP contribution >= 0.6 is 0 Å². The SMILES string of the molecule is CCC1(C(=O)NC(C)c2ccccc2OC)CCNCC1. The van der Waals surface area contributed by atoms with E-state index in [4.69, 9.17) is 4.74 Å². The third-order valence-corrected chi connectivity index (χ3v) is 4.67. The Balaban J connectivity index is 2.11. The van der Waals surface area contributed by atoms with Crippen molar-refractivity contribution in [1.29, 1.82) is 0 Å². The number of nitrogens with one attached hydrogen (secondary N) is 2. The summed E-state index contributed by atoms with van der Waals surface area (Å²) in [5.41, 5.74) is 0.801. The lowest BCUT2D eigenvalue weighted by Crippen LogP contribution is -2.47. The quantitative estimate of drug-likeness (QED) is 0.876. The Morgan fingerprint density at radius 3 is 2.67 bits per heavy atom. The number of hydrogen-bond acceptors (Lipinski definition) is 3. The molecule has 0 aromatic heterocycles. The predicted molar refractivity (Wildman–Crippen MR) is 84.4 cm³/mol. The molecule has 0 radical (unpaired) electrons. The zero-order valence-electron chi connectivity index (χ0n) is 13.2. The fraction of sp³-hybridized carbons (Fsp3) is 0.588. The largest absolute Gasteiger partial charge is 0.496 e. The van der Waals surface area contributed by atoms with Gasteiger partial charge in [0, 0.05) is 5.56 Å². The summed E-state index contributed by atoms with van der Waals surface area (Å²) in [6.45, 7) is 5.97. The first kappa shape index (κ1) is 15.8. The monoisotopic (exact) mass is 290 g/mol. The maximum atomic E-state index is 12.8. The molecule has 1 atom stereocenters. The van der Waals surface area contributed by atoms with Crippen molar-refractivity contribution < 1.29 is 9.53 Å². The average molecular weight is 290 g/mol. The van der Waals surface area contributed by atoms with Crippen LogP contribution in [-0.4, -0.2) is 26.1 Å². The second kappa shape index (κ2) is 6.94. The summed E-state index contributed by atoms with van der Waals surface area (Å²) in [5.74, 6) is 0.992. The number of methoxy groups -OCH3 is 1. The van der Waals surface area contributed by atoms with E-state index in [1.54, 1.807) is 7.11 Å². The Hall–Kier alpha value is -1.55. The number of ether oxygens (including phenoxy) is 1. The van der Waals surface area contributed by atoms with Crippen LogP contribution in [0.2, 0.25) is 0 Å². The van der Waals surface area contributed by atoms with Crippen LogP contribution in [0.5, 0.6) is 5.75 Å². The van der Waals surface area contributed by atoms with Crippen LogP contribution in [-0.2, 0) is 4.79 Å². The molecular formula is C17H26N2O2. The van der Waals surface area contributed by atoms with Crippen molar-refractivity contribution >= 4 is 5.91 Å². The molecule has 2 N–H and O–H groups in total. The molecule has 1 aromatic rings. The van der Waals surface area contributed by atoms with E-state index < -0.39 is 0 Å². The van der Waals surface area contributed by atoms with Gasteiger partial charge in [-0.2, -0.15) is 0 Å². The molecule has 1 amide bonds. The molecular weight excluding hydrogens is 264 g/mol. The summed E-state index contributed by atoms with van der Waals surface area (Å²) >= 11 is 0. The summed E-state index contributed by atoms with van der Waals surface area (Å²) in [5, 5.41) is 6.52. The number of benzene rings is 1. The third-order valence-electron chi connectivity index (χ3n) is 4.67. The van der Waals surface area contributed by atoms with Crippen molar-refractivity contribution in [3.8, 4) is 5.75 Å². The highest BCUT2D eigenvalue weighted by atomic mass is 16.5. The lowest BCUT2D eigenvalue weighted by molar-refractivity contribution is -0.133. The molecule has 2 rings (SSSR count). The van der Waals surface area contributed by atoms with Gasteiger partial charge in [0.05, 0.1) is 18.6 Å². The molecule has 21 heavy (non-hydrogen) atoms. The van der Waals surface area contributed by atoms with Crippen molar-refractivity contribution in [3.63, 3.8) is 0 Å². The standard InChI is InChI=1S/C17H26N2O2/c1-4-17(9-11-18-12-10-17)16(20)19-13(2)14-7-5-6-8-15(14)21-3/h5-8,13,18H,4,9-12H2,1-3H3,(H,19,20). The lowest BCUT2D eigenvalue weighted by atomic mass is 9.75. The van der Waals surface area contributed by atoms with E-state index in [1.807, 2.05) is 31.2 Å². The van der Waals surface area contributed by atoms with Gasteiger partial charge < -0.3 is 15.4 Å². The molecule has 116 valence electrons. The zero-order valence-corrected chi connectivity index (χ0v) is 13.2. The van der Waals surface area contributed by atoms with Gasteiger partial charge in [-0.15, -0.1) is 0 Å². The van der Waals surface area contributed by atoms with Gasteiger partial charge in [-0.1, -0.05) is 25.1 Å². The van der Waals surface area contributed by atoms with E-state index >= 15 is 0 Å². The van der Waals surface area contributed by atoms with Crippen molar-refractivity contribution in [3.05, 3.63) is 29.8 Å². The molecule has 1 aliphatic heterocycles. The topological polar surface area (TPSA) is 50.4 Å². The predicted octanol–water partition coefficient (Wildman–Crippen LogP) is 2.65. The summed E-state index contributed by atoms with van der Waals surface area (Å²) in [6.07, 6.45) is 2.71. The van der Waals surface area contributed by atoms with Gasteiger partial charge >= 0.3 is 0 Å². The van der Waals surface area contributed by atoms with Gasteiger partial charge in [0.1, 0.15) is 5.75 Å². The molecule has 1 aliphatic rings. The smallest absolute Gasteiger partial charge is 0.226 e. The molecule has 4 nitrogen and oxygen atoms in total. The maximum absolute atomic E-state index is 12.8. The molecule has 1 aromatic carbocycles. The van der Waals surface area contributed by atoms with Crippen molar-refractivity contribution in [1.82, 2.24) is 10.6 Å². The second-order valence-corrected chi connectivity index (χ2v) is 5.82. The number of rotatable bonds is 5. The number of piperidine rings is 1. The van der Waals surface area contributed by atoms with E-state index in [1.165, 1.54) is 0 Å². The fourth-order valence-corrected chi connectivity index (χ4v) is 3.10. The van der Waals surface area contributed by atoms with Crippen LogP contribution in [0.25, 0.3) is 0 Å². The number of carbonyl (C=O) groups is 1. The van der Waals surface area contributed by atoms with Gasteiger partial charge in [0.25, 0.3) is 0 Å². The number of para-hydroxylation sites is 1. The Morgan fingerprint density at radius 2 is 2.05 bits per heavy atom. The molecule has 0 spiro atoms. The molecule has 4 heteroatoms. The first-order valence-electron chi connectivity index (χ1n) is 7.77. The Labute approximate surface area is 127 Å². The fourth-order valence-electron chi connectivity index (χ4n) is 3.10. The molecule has 1 unspecified atom stereocenters. The summed E-state index contributed by atoms with van der Waals surface area (Å²) in [7, 11) is 1.66. The highest BCUT2D eigenvalue weighted by Gasteiger charge is 2.38. The number of amides is 1. The van der Waals surface area contributed by atoms with E-state index in [9.17, 15) is 4.79 Å². The van der Waals surface area contributed by atoms with Gasteiger partial charge in [-0.05, 0) is 45.3 Å². The average Bonchev–Trinajstić information content (AvgIpc) is 2.55. The van der Waals surface area contributed by atoms with Crippen LogP contribution in [0.4, 0.5) is 0 Å². The molecule has 1 heterocycles. The van der Waals surface area contributed by atoms with E-state index in [0.29, 0.717) is 0 Å². The minimum Gasteiger partial charge on any atom is -0.496 e. The number of carbonyl (C=O) groups excluding carboxylic acids is 1. The Kier molecular flexibility index (Phi) is 5.23. The summed E-state index contributed by atoms with van der Waals surface area (Å²) in [6, 6.07) is 7.80. The summed E-state index contributed by atoms with van der Waals surface area (Å²) < 4.78 is 5.38. The van der Waals surface area contributed by atoms with Gasteiger partial charge in [-0.3, -0.25) is 4.79 Å². The van der Waals surface area contributed by atoms with Gasteiger partial charge in [0.15, 0.2) is 0 Å². The molecule has 0 saturated carbocycles. The Bertz CT molecular complexity index is 481. The van der Waals surface area contributed by atoms with Crippen LogP contribution in [0.3, 0.4) is 0 Å². The lowest BCUT2D eigenvalue weighted by Gasteiger charge is -2.36. The molecule has 1 fully saturated rings. The zero-order chi connectivity index (χ0) is 15.3. The van der Waals surface area contributed by atoms with E-state index in [0.717, 1.165) is 43.7 Å². The van der Waals surface area contributed by atoms with Crippen LogP contribution in [0.15, 0.2) is 24.3 Å². The first-order chi connectivity index (χ1) is 10.1. The first-order valence-corrected chi connectivity index (χ1v) is 7.77. The minimum atomic E-state index is -0.221. The van der Waals surface area contributed by atoms with E-state index in [-0.39, 0.29) is 17.4 Å². The summed E-state index contributed by atoms with van der Waals surface area (Å²) in [4.78, 5) is 12.8. The van der Waals surface area contributed by atoms with Crippen LogP contribution in [0.1, 0.15) is 44.7 Å². The molecule has 1 saturated heterocycles. The highest BCUT2D eigenvalue weighted by molar-refractivity contribution is 5.83. The van der Waals surface area contributed by atoms with Gasteiger partial charge in [-0.25, -0.2) is 0 Å². The van der Waals surface area contributed by atoms with Crippen LogP contribution < -0.4 is 15.4 Å². The number of hydrogen-bond donors (Lipinski definition) is 2. The second-order valence-electron chi connectivity index (χ2n) is 5.82. The van der Waals surface area contributed by atoms with Crippen molar-refractivity contribution in [2.75, 3.05) is 20.2 Å².